The standard InChI is InChI=1S/C27H32N2O6/c1-16(2)23(13-24(30)31)29-26(32)25-17(11-12-34-25)14-28-27(33)35-15-22-20-9-5-3-7-18(20)19-8-4-6-10-21(19)22/h3-10,16-17,22-23,25H,11-15H2,1-2H3,(H,28,33)(H,29,32)(H,30,31)/t17?,23-,25?/m1/s1. The fraction of sp³-hybridized carbons (Fsp3) is 0.444. The van der Waals surface area contributed by atoms with Crippen molar-refractivity contribution in [1.29, 1.82) is 0 Å². The normalized spacial score (nSPS) is 19.6. The lowest BCUT2D eigenvalue weighted by Gasteiger charge is -2.24. The smallest absolute Gasteiger partial charge is 0.407 e. The van der Waals surface area contributed by atoms with E-state index in [0.717, 1.165) is 22.3 Å². The molecule has 1 aliphatic carbocycles. The van der Waals surface area contributed by atoms with E-state index in [1.54, 1.807) is 0 Å². The number of rotatable bonds is 9. The number of benzene rings is 2. The molecule has 2 amide bonds. The highest BCUT2D eigenvalue weighted by molar-refractivity contribution is 5.82. The van der Waals surface area contributed by atoms with Gasteiger partial charge in [0.15, 0.2) is 0 Å². The number of carboxylic acid groups (broad SMARTS) is 1. The molecule has 0 radical (unpaired) electrons. The maximum absolute atomic E-state index is 12.8. The number of carbonyl (C=O) groups excluding carboxylic acids is 2. The molecule has 1 aliphatic heterocycles. The van der Waals surface area contributed by atoms with E-state index < -0.39 is 24.2 Å². The van der Waals surface area contributed by atoms with Gasteiger partial charge in [-0.25, -0.2) is 4.79 Å². The molecule has 0 saturated carbocycles. The van der Waals surface area contributed by atoms with Gasteiger partial charge >= 0.3 is 12.1 Å². The van der Waals surface area contributed by atoms with E-state index >= 15 is 0 Å². The quantitative estimate of drug-likeness (QED) is 0.506. The van der Waals surface area contributed by atoms with Crippen molar-refractivity contribution in [3.8, 4) is 11.1 Å². The molecule has 2 unspecified atom stereocenters. The molecular weight excluding hydrogens is 448 g/mol. The van der Waals surface area contributed by atoms with Crippen LogP contribution in [0.2, 0.25) is 0 Å². The van der Waals surface area contributed by atoms with Crippen molar-refractivity contribution in [2.45, 2.75) is 44.8 Å². The monoisotopic (exact) mass is 480 g/mol. The molecule has 1 heterocycles. The molecule has 1 saturated heterocycles. The third kappa shape index (κ3) is 5.65. The van der Waals surface area contributed by atoms with Crippen LogP contribution < -0.4 is 10.6 Å². The van der Waals surface area contributed by atoms with Crippen molar-refractivity contribution >= 4 is 18.0 Å². The zero-order valence-corrected chi connectivity index (χ0v) is 20.0. The van der Waals surface area contributed by atoms with Gasteiger partial charge in [0.1, 0.15) is 12.7 Å². The van der Waals surface area contributed by atoms with Crippen molar-refractivity contribution in [1.82, 2.24) is 10.6 Å². The predicted molar refractivity (Wildman–Crippen MR) is 130 cm³/mol. The van der Waals surface area contributed by atoms with Crippen molar-refractivity contribution in [3.63, 3.8) is 0 Å². The van der Waals surface area contributed by atoms with Crippen LogP contribution in [0.5, 0.6) is 0 Å². The first kappa shape index (κ1) is 24.7. The summed E-state index contributed by atoms with van der Waals surface area (Å²) in [5, 5.41) is 14.7. The summed E-state index contributed by atoms with van der Waals surface area (Å²) in [5.41, 5.74) is 4.61. The van der Waals surface area contributed by atoms with Gasteiger partial charge in [0, 0.05) is 31.0 Å². The number of hydrogen-bond acceptors (Lipinski definition) is 5. The third-order valence-corrected chi connectivity index (χ3v) is 6.85. The average Bonchev–Trinajstić information content (AvgIpc) is 3.43. The molecule has 1 fully saturated rings. The number of hydrogen-bond donors (Lipinski definition) is 3. The Labute approximate surface area is 205 Å². The van der Waals surface area contributed by atoms with Gasteiger partial charge in [0.2, 0.25) is 5.91 Å². The van der Waals surface area contributed by atoms with Crippen LogP contribution in [0.4, 0.5) is 4.79 Å². The van der Waals surface area contributed by atoms with Crippen LogP contribution >= 0.6 is 0 Å². The third-order valence-electron chi connectivity index (χ3n) is 6.85. The van der Waals surface area contributed by atoms with Crippen LogP contribution in [0.3, 0.4) is 0 Å². The fourth-order valence-corrected chi connectivity index (χ4v) is 4.90. The Bertz CT molecular complexity index is 1040. The summed E-state index contributed by atoms with van der Waals surface area (Å²) in [6.45, 7) is 4.58. The highest BCUT2D eigenvalue weighted by atomic mass is 16.5. The van der Waals surface area contributed by atoms with Crippen LogP contribution in [-0.4, -0.2) is 55.0 Å². The van der Waals surface area contributed by atoms with Gasteiger partial charge in [0.05, 0.1) is 6.42 Å². The molecular formula is C27H32N2O6. The SMILES string of the molecule is CC(C)[C@@H](CC(=O)O)NC(=O)C1OCCC1CNC(=O)OCC1c2ccccc2-c2ccccc21. The number of amides is 2. The van der Waals surface area contributed by atoms with Gasteiger partial charge in [-0.3, -0.25) is 9.59 Å². The molecule has 2 aromatic rings. The molecule has 3 atom stereocenters. The molecule has 2 aromatic carbocycles. The molecule has 3 N–H and O–H groups in total. The number of fused-ring (bicyclic) bond motifs is 3. The average molecular weight is 481 g/mol. The maximum atomic E-state index is 12.8. The summed E-state index contributed by atoms with van der Waals surface area (Å²) in [4.78, 5) is 36.4. The summed E-state index contributed by atoms with van der Waals surface area (Å²) in [7, 11) is 0. The van der Waals surface area contributed by atoms with E-state index in [4.69, 9.17) is 14.6 Å². The van der Waals surface area contributed by atoms with Crippen molar-refractivity contribution in [2.24, 2.45) is 11.8 Å². The van der Waals surface area contributed by atoms with Gasteiger partial charge < -0.3 is 25.2 Å². The Kier molecular flexibility index (Phi) is 7.70. The Hall–Kier alpha value is -3.39. The van der Waals surface area contributed by atoms with E-state index in [0.29, 0.717) is 13.0 Å². The molecule has 0 aromatic heterocycles. The molecule has 0 bridgehead atoms. The van der Waals surface area contributed by atoms with Crippen LogP contribution in [0, 0.1) is 11.8 Å². The lowest BCUT2D eigenvalue weighted by atomic mass is 9.97. The number of nitrogens with one attached hydrogen (secondary N) is 2. The van der Waals surface area contributed by atoms with E-state index in [1.165, 1.54) is 0 Å². The fourth-order valence-electron chi connectivity index (χ4n) is 4.90. The molecule has 2 aliphatic rings. The van der Waals surface area contributed by atoms with Crippen LogP contribution in [0.15, 0.2) is 48.5 Å². The molecule has 186 valence electrons. The minimum Gasteiger partial charge on any atom is -0.481 e. The zero-order valence-electron chi connectivity index (χ0n) is 20.0. The summed E-state index contributed by atoms with van der Waals surface area (Å²) in [5.74, 6) is -1.59. The number of carbonyl (C=O) groups is 3. The number of alkyl carbamates (subject to hydrolysis) is 1. The molecule has 8 heteroatoms. The second-order valence-electron chi connectivity index (χ2n) is 9.50. The Morgan fingerprint density at radius 3 is 2.29 bits per heavy atom. The Morgan fingerprint density at radius 2 is 1.69 bits per heavy atom. The number of carboxylic acids is 1. The van der Waals surface area contributed by atoms with E-state index in [-0.39, 0.29) is 43.2 Å². The number of ether oxygens (including phenoxy) is 2. The molecule has 0 spiro atoms. The Balaban J connectivity index is 1.30. The van der Waals surface area contributed by atoms with E-state index in [2.05, 4.69) is 34.9 Å². The number of aliphatic carboxylic acids is 1. The summed E-state index contributed by atoms with van der Waals surface area (Å²) in [6, 6.07) is 15.8. The predicted octanol–water partition coefficient (Wildman–Crippen LogP) is 3.55. The topological polar surface area (TPSA) is 114 Å². The van der Waals surface area contributed by atoms with Crippen molar-refractivity contribution in [2.75, 3.05) is 19.8 Å². The van der Waals surface area contributed by atoms with Gasteiger partial charge in [-0.2, -0.15) is 0 Å². The molecule has 35 heavy (non-hydrogen) atoms. The van der Waals surface area contributed by atoms with Crippen molar-refractivity contribution in [3.05, 3.63) is 59.7 Å². The van der Waals surface area contributed by atoms with Crippen molar-refractivity contribution < 1.29 is 29.0 Å². The first-order valence-corrected chi connectivity index (χ1v) is 12.1. The van der Waals surface area contributed by atoms with Gasteiger partial charge in [-0.05, 0) is 34.6 Å². The zero-order chi connectivity index (χ0) is 24.9. The largest absolute Gasteiger partial charge is 0.481 e. The Morgan fingerprint density at radius 1 is 1.06 bits per heavy atom. The highest BCUT2D eigenvalue weighted by Gasteiger charge is 2.36. The minimum absolute atomic E-state index is 0.0244. The molecule has 8 nitrogen and oxygen atoms in total. The first-order chi connectivity index (χ1) is 16.8. The first-order valence-electron chi connectivity index (χ1n) is 12.1. The van der Waals surface area contributed by atoms with Gasteiger partial charge in [-0.15, -0.1) is 0 Å². The van der Waals surface area contributed by atoms with E-state index in [9.17, 15) is 14.4 Å². The van der Waals surface area contributed by atoms with Crippen LogP contribution in [0.1, 0.15) is 43.7 Å². The molecule has 4 rings (SSSR count). The summed E-state index contributed by atoms with van der Waals surface area (Å²) < 4.78 is 11.2. The van der Waals surface area contributed by atoms with E-state index in [1.807, 2.05) is 38.1 Å². The van der Waals surface area contributed by atoms with Crippen LogP contribution in [-0.2, 0) is 19.1 Å². The maximum Gasteiger partial charge on any atom is 0.407 e. The summed E-state index contributed by atoms with van der Waals surface area (Å²) in [6.07, 6.45) is -0.811. The lowest BCUT2D eigenvalue weighted by molar-refractivity contribution is -0.138. The summed E-state index contributed by atoms with van der Waals surface area (Å²) >= 11 is 0. The second kappa shape index (κ2) is 10.9. The lowest BCUT2D eigenvalue weighted by Crippen LogP contribution is -2.48. The highest BCUT2D eigenvalue weighted by Crippen LogP contribution is 2.44. The second-order valence-corrected chi connectivity index (χ2v) is 9.50. The van der Waals surface area contributed by atoms with Crippen LogP contribution in [0.25, 0.3) is 11.1 Å². The minimum atomic E-state index is -0.968. The van der Waals surface area contributed by atoms with Gasteiger partial charge in [-0.1, -0.05) is 62.4 Å². The van der Waals surface area contributed by atoms with Gasteiger partial charge in [0.25, 0.3) is 0 Å².